The van der Waals surface area contributed by atoms with Gasteiger partial charge in [-0.05, 0) is 62.2 Å². The fourth-order valence-electron chi connectivity index (χ4n) is 3.04. The molecule has 3 aromatic carbocycles. The molecule has 3 rings (SSSR count). The average molecular weight is 445 g/mol. The molecule has 0 aromatic heterocycles. The van der Waals surface area contributed by atoms with Gasteiger partial charge in [-0.1, -0.05) is 29.8 Å². The lowest BCUT2D eigenvalue weighted by molar-refractivity contribution is -0.114. The summed E-state index contributed by atoms with van der Waals surface area (Å²) in [7, 11) is -4.10. The summed E-state index contributed by atoms with van der Waals surface area (Å²) in [5.41, 5.74) is 2.47. The molecule has 1 amide bonds. The summed E-state index contributed by atoms with van der Waals surface area (Å²) in [4.78, 5) is 12.7. The summed E-state index contributed by atoms with van der Waals surface area (Å²) in [6.45, 7) is 4.80. The second-order valence-corrected chi connectivity index (χ2v) is 9.15. The van der Waals surface area contributed by atoms with Crippen molar-refractivity contribution in [3.05, 3.63) is 89.0 Å². The number of benzene rings is 3. The maximum atomic E-state index is 13.9. The van der Waals surface area contributed by atoms with Gasteiger partial charge in [0.1, 0.15) is 18.2 Å². The van der Waals surface area contributed by atoms with E-state index >= 15 is 0 Å². The van der Waals surface area contributed by atoms with Crippen LogP contribution in [0.1, 0.15) is 16.7 Å². The molecule has 3 aromatic rings. The number of carbonyl (C=O) groups excluding carboxylic acids is 1. The van der Waals surface area contributed by atoms with E-state index in [1.807, 2.05) is 19.9 Å². The Kier molecular flexibility index (Phi) is 6.40. The highest BCUT2D eigenvalue weighted by atomic mass is 32.2. The first-order valence-corrected chi connectivity index (χ1v) is 10.9. The van der Waals surface area contributed by atoms with Crippen molar-refractivity contribution in [2.45, 2.75) is 25.7 Å². The zero-order chi connectivity index (χ0) is 22.8. The average Bonchev–Trinajstić information content (AvgIpc) is 2.70. The summed E-state index contributed by atoms with van der Waals surface area (Å²) in [5.74, 6) is -2.50. The van der Waals surface area contributed by atoms with Crippen LogP contribution in [0.2, 0.25) is 0 Å². The molecule has 0 heterocycles. The first kappa shape index (κ1) is 22.4. The molecule has 0 atom stereocenters. The number of amides is 1. The number of anilines is 2. The molecule has 0 spiro atoms. The molecule has 0 aliphatic rings. The van der Waals surface area contributed by atoms with Crippen LogP contribution in [-0.2, 0) is 14.8 Å². The minimum Gasteiger partial charge on any atom is -0.322 e. The second kappa shape index (κ2) is 8.85. The van der Waals surface area contributed by atoms with Crippen LogP contribution in [0.3, 0.4) is 0 Å². The summed E-state index contributed by atoms with van der Waals surface area (Å²) in [6.07, 6.45) is 0. The van der Waals surface area contributed by atoms with Crippen LogP contribution in [0.25, 0.3) is 0 Å². The van der Waals surface area contributed by atoms with Gasteiger partial charge in [-0.2, -0.15) is 0 Å². The molecule has 0 bridgehead atoms. The van der Waals surface area contributed by atoms with Crippen LogP contribution < -0.4 is 9.62 Å². The van der Waals surface area contributed by atoms with Gasteiger partial charge in [0.15, 0.2) is 0 Å². The topological polar surface area (TPSA) is 66.5 Å². The van der Waals surface area contributed by atoms with E-state index in [4.69, 9.17) is 0 Å². The van der Waals surface area contributed by atoms with E-state index in [2.05, 4.69) is 5.32 Å². The minimum atomic E-state index is -4.10. The van der Waals surface area contributed by atoms with Gasteiger partial charge < -0.3 is 5.32 Å². The third-order valence-electron chi connectivity index (χ3n) is 4.73. The van der Waals surface area contributed by atoms with Crippen molar-refractivity contribution in [3.8, 4) is 0 Å². The zero-order valence-corrected chi connectivity index (χ0v) is 18.1. The van der Waals surface area contributed by atoms with Crippen LogP contribution in [-0.4, -0.2) is 20.9 Å². The Labute approximate surface area is 180 Å². The maximum Gasteiger partial charge on any atom is 0.264 e. The smallest absolute Gasteiger partial charge is 0.264 e. The zero-order valence-electron chi connectivity index (χ0n) is 17.3. The fourth-order valence-corrected chi connectivity index (χ4v) is 4.51. The van der Waals surface area contributed by atoms with Gasteiger partial charge in [0.05, 0.1) is 16.3 Å². The number of rotatable bonds is 6. The van der Waals surface area contributed by atoms with Crippen LogP contribution in [0, 0.1) is 32.4 Å². The second-order valence-electron chi connectivity index (χ2n) is 7.29. The molecule has 31 heavy (non-hydrogen) atoms. The summed E-state index contributed by atoms with van der Waals surface area (Å²) in [5, 5.41) is 2.32. The van der Waals surface area contributed by atoms with E-state index in [9.17, 15) is 22.0 Å². The molecule has 1 N–H and O–H groups in total. The number of carbonyl (C=O) groups is 1. The molecule has 0 saturated carbocycles. The molecule has 0 unspecified atom stereocenters. The van der Waals surface area contributed by atoms with Crippen molar-refractivity contribution in [2.75, 3.05) is 16.2 Å². The van der Waals surface area contributed by atoms with E-state index in [0.29, 0.717) is 17.3 Å². The third-order valence-corrected chi connectivity index (χ3v) is 6.51. The van der Waals surface area contributed by atoms with Crippen LogP contribution in [0.15, 0.2) is 65.6 Å². The molecule has 162 valence electrons. The predicted molar refractivity (Wildman–Crippen MR) is 117 cm³/mol. The Hall–Kier alpha value is -3.26. The Balaban J connectivity index is 2.00. The Bertz CT molecular complexity index is 1230. The van der Waals surface area contributed by atoms with Gasteiger partial charge in [-0.3, -0.25) is 9.10 Å². The first-order chi connectivity index (χ1) is 14.6. The molecular formula is C23H22F2N2O3S. The van der Waals surface area contributed by atoms with Crippen molar-refractivity contribution in [3.63, 3.8) is 0 Å². The summed E-state index contributed by atoms with van der Waals surface area (Å²) >= 11 is 0. The van der Waals surface area contributed by atoms with Gasteiger partial charge in [0.25, 0.3) is 10.0 Å². The fraction of sp³-hybridized carbons (Fsp3) is 0.174. The highest BCUT2D eigenvalue weighted by Crippen LogP contribution is 2.28. The Morgan fingerprint density at radius 1 is 0.903 bits per heavy atom. The number of nitrogens with one attached hydrogen (secondary N) is 1. The highest BCUT2D eigenvalue weighted by molar-refractivity contribution is 7.92. The van der Waals surface area contributed by atoms with Gasteiger partial charge in [0.2, 0.25) is 5.91 Å². The van der Waals surface area contributed by atoms with E-state index < -0.39 is 34.1 Å². The lowest BCUT2D eigenvalue weighted by atomic mass is 10.1. The van der Waals surface area contributed by atoms with E-state index in [1.54, 1.807) is 31.2 Å². The van der Waals surface area contributed by atoms with Crippen molar-refractivity contribution < 1.29 is 22.0 Å². The number of hydrogen-bond acceptors (Lipinski definition) is 3. The van der Waals surface area contributed by atoms with Crippen molar-refractivity contribution in [1.82, 2.24) is 0 Å². The van der Waals surface area contributed by atoms with Crippen LogP contribution in [0.4, 0.5) is 20.2 Å². The summed E-state index contributed by atoms with van der Waals surface area (Å²) in [6, 6.07) is 14.3. The Morgan fingerprint density at radius 2 is 1.55 bits per heavy atom. The van der Waals surface area contributed by atoms with Gasteiger partial charge >= 0.3 is 0 Å². The van der Waals surface area contributed by atoms with E-state index in [-0.39, 0.29) is 10.6 Å². The molecule has 0 fully saturated rings. The quantitative estimate of drug-likeness (QED) is 0.598. The molecule has 0 aliphatic carbocycles. The molecular weight excluding hydrogens is 422 g/mol. The number of aryl methyl sites for hydroxylation is 3. The largest absolute Gasteiger partial charge is 0.322 e. The van der Waals surface area contributed by atoms with Crippen LogP contribution in [0.5, 0.6) is 0 Å². The molecule has 0 radical (unpaired) electrons. The lowest BCUT2D eigenvalue weighted by Crippen LogP contribution is -2.38. The Morgan fingerprint density at radius 3 is 2.19 bits per heavy atom. The van der Waals surface area contributed by atoms with Crippen molar-refractivity contribution in [2.24, 2.45) is 0 Å². The van der Waals surface area contributed by atoms with Gasteiger partial charge in [-0.25, -0.2) is 17.2 Å². The normalized spacial score (nSPS) is 11.3. The van der Waals surface area contributed by atoms with Gasteiger partial charge in [-0.15, -0.1) is 0 Å². The number of hydrogen-bond donors (Lipinski definition) is 1. The number of nitrogens with zero attached hydrogens (tertiary/aromatic N) is 1. The standard InChI is InChI=1S/C23H22F2N2O3S/c1-15-5-9-19(10-6-15)31(29,30)27(22-12-16(2)4-7-17(22)3)14-23(28)26-21-11-8-18(24)13-20(21)25/h4-13H,14H2,1-3H3,(H,26,28). The number of halogens is 2. The molecule has 0 saturated heterocycles. The lowest BCUT2D eigenvalue weighted by Gasteiger charge is -2.26. The highest BCUT2D eigenvalue weighted by Gasteiger charge is 2.28. The van der Waals surface area contributed by atoms with Crippen molar-refractivity contribution >= 4 is 27.3 Å². The predicted octanol–water partition coefficient (Wildman–Crippen LogP) is 4.72. The van der Waals surface area contributed by atoms with E-state index in [0.717, 1.165) is 27.6 Å². The number of sulfonamides is 1. The van der Waals surface area contributed by atoms with E-state index in [1.165, 1.54) is 12.1 Å². The van der Waals surface area contributed by atoms with Crippen LogP contribution >= 0.6 is 0 Å². The minimum absolute atomic E-state index is 0.0276. The molecule has 8 heteroatoms. The third kappa shape index (κ3) is 5.08. The summed E-state index contributed by atoms with van der Waals surface area (Å²) < 4.78 is 54.9. The molecule has 5 nitrogen and oxygen atoms in total. The molecule has 0 aliphatic heterocycles. The monoisotopic (exact) mass is 444 g/mol. The first-order valence-electron chi connectivity index (χ1n) is 9.49. The van der Waals surface area contributed by atoms with Crippen molar-refractivity contribution in [1.29, 1.82) is 0 Å². The maximum absolute atomic E-state index is 13.9. The van der Waals surface area contributed by atoms with Gasteiger partial charge in [0, 0.05) is 6.07 Å². The SMILES string of the molecule is Cc1ccc(S(=O)(=O)N(CC(=O)Nc2ccc(F)cc2F)c2cc(C)ccc2C)cc1.